The van der Waals surface area contributed by atoms with E-state index in [0.717, 1.165) is 11.8 Å². The number of hydrogen-bond acceptors (Lipinski definition) is 4. The minimum absolute atomic E-state index is 0.121. The molecule has 142 valence electrons. The van der Waals surface area contributed by atoms with Crippen molar-refractivity contribution in [3.05, 3.63) is 29.4 Å². The Hall–Kier alpha value is -1.95. The van der Waals surface area contributed by atoms with Gasteiger partial charge in [0.15, 0.2) is 5.13 Å². The lowest BCUT2D eigenvalue weighted by molar-refractivity contribution is -0.132. The summed E-state index contributed by atoms with van der Waals surface area (Å²) >= 11 is 1.38. The topological polar surface area (TPSA) is 51.2 Å². The van der Waals surface area contributed by atoms with Gasteiger partial charge in [-0.3, -0.25) is 4.79 Å². The van der Waals surface area contributed by atoms with Crippen molar-refractivity contribution in [1.29, 1.82) is 0 Å². The lowest BCUT2D eigenvalue weighted by Gasteiger charge is -2.53. The molecule has 0 atom stereocenters. The number of nitrogens with one attached hydrogen (secondary N) is 1. The van der Waals surface area contributed by atoms with Crippen LogP contribution in [0.25, 0.3) is 11.3 Å². The number of halogens is 1. The van der Waals surface area contributed by atoms with Crippen molar-refractivity contribution >= 4 is 22.4 Å². The van der Waals surface area contributed by atoms with Gasteiger partial charge in [-0.2, -0.15) is 0 Å². The van der Waals surface area contributed by atoms with Crippen LogP contribution in [0.15, 0.2) is 23.6 Å². The molecule has 0 aliphatic heterocycles. The van der Waals surface area contributed by atoms with Crippen molar-refractivity contribution < 1.29 is 13.9 Å². The van der Waals surface area contributed by atoms with Gasteiger partial charge in [0.05, 0.1) is 12.8 Å². The molecule has 4 saturated carbocycles. The summed E-state index contributed by atoms with van der Waals surface area (Å²) in [5.41, 5.74) is 1.22. The smallest absolute Gasteiger partial charge is 0.229 e. The van der Waals surface area contributed by atoms with Crippen LogP contribution < -0.4 is 10.1 Å². The van der Waals surface area contributed by atoms with E-state index in [1.165, 1.54) is 55.6 Å². The predicted molar refractivity (Wildman–Crippen MR) is 103 cm³/mol. The molecule has 1 aromatic carbocycles. The number of carbonyl (C=O) groups excluding carboxylic acids is 1. The van der Waals surface area contributed by atoms with Gasteiger partial charge < -0.3 is 10.1 Å². The van der Waals surface area contributed by atoms with Crippen LogP contribution in [0.4, 0.5) is 9.52 Å². The van der Waals surface area contributed by atoms with Crippen LogP contribution in [0.2, 0.25) is 0 Å². The van der Waals surface area contributed by atoms with E-state index in [2.05, 4.69) is 10.3 Å². The molecule has 6 rings (SSSR count). The van der Waals surface area contributed by atoms with E-state index in [-0.39, 0.29) is 17.6 Å². The molecule has 2 aromatic rings. The summed E-state index contributed by atoms with van der Waals surface area (Å²) in [6.45, 7) is 0. The Labute approximate surface area is 162 Å². The van der Waals surface area contributed by atoms with Gasteiger partial charge in [0.25, 0.3) is 0 Å². The highest BCUT2D eigenvalue weighted by molar-refractivity contribution is 7.14. The van der Waals surface area contributed by atoms with E-state index >= 15 is 0 Å². The van der Waals surface area contributed by atoms with Gasteiger partial charge in [-0.05, 0) is 74.0 Å². The van der Waals surface area contributed by atoms with Crippen molar-refractivity contribution in [2.75, 3.05) is 12.4 Å². The standard InChI is InChI=1S/C21H23FN2O2S/c1-26-18-3-2-15(22)9-16(18)17-10-27-21(23-17)24-20(25)19-13-5-11-4-12(7-13)8-14(19)6-11/h2-3,9-14,19H,4-8H2,1H3,(H,23,24,25). The predicted octanol–water partition coefficient (Wildman–Crippen LogP) is 4.97. The number of benzene rings is 1. The summed E-state index contributed by atoms with van der Waals surface area (Å²) in [5, 5.41) is 5.46. The number of rotatable bonds is 4. The Kier molecular flexibility index (Phi) is 4.19. The molecule has 0 saturated heterocycles. The van der Waals surface area contributed by atoms with E-state index in [0.29, 0.717) is 34.0 Å². The number of anilines is 1. The lowest BCUT2D eigenvalue weighted by Crippen LogP contribution is -2.49. The van der Waals surface area contributed by atoms with Crippen molar-refractivity contribution in [2.45, 2.75) is 32.1 Å². The average Bonchev–Trinajstić information content (AvgIpc) is 3.09. The van der Waals surface area contributed by atoms with E-state index in [9.17, 15) is 9.18 Å². The number of carbonyl (C=O) groups is 1. The summed E-state index contributed by atoms with van der Waals surface area (Å²) < 4.78 is 19.0. The molecular formula is C21H23FN2O2S. The molecule has 1 heterocycles. The van der Waals surface area contributed by atoms with Gasteiger partial charge in [0.1, 0.15) is 11.6 Å². The van der Waals surface area contributed by atoms with Crippen molar-refractivity contribution in [3.8, 4) is 17.0 Å². The van der Waals surface area contributed by atoms with Gasteiger partial charge >= 0.3 is 0 Å². The molecule has 6 heteroatoms. The minimum Gasteiger partial charge on any atom is -0.496 e. The summed E-state index contributed by atoms with van der Waals surface area (Å²) in [6, 6.07) is 4.37. The van der Waals surface area contributed by atoms with E-state index in [1.807, 2.05) is 5.38 Å². The highest BCUT2D eigenvalue weighted by atomic mass is 32.1. The zero-order valence-electron chi connectivity index (χ0n) is 15.3. The van der Waals surface area contributed by atoms with Gasteiger partial charge in [0, 0.05) is 16.9 Å². The Morgan fingerprint density at radius 3 is 2.56 bits per heavy atom. The van der Waals surface area contributed by atoms with Crippen LogP contribution in [0.1, 0.15) is 32.1 Å². The quantitative estimate of drug-likeness (QED) is 0.807. The Morgan fingerprint density at radius 1 is 1.19 bits per heavy atom. The molecule has 4 nitrogen and oxygen atoms in total. The fourth-order valence-corrected chi connectivity index (χ4v) is 6.59. The monoisotopic (exact) mass is 386 g/mol. The SMILES string of the molecule is COc1ccc(F)cc1-c1csc(NC(=O)C2C3CC4CC(C3)CC2C4)n1. The van der Waals surface area contributed by atoms with E-state index in [1.54, 1.807) is 13.2 Å². The number of hydrogen-bond donors (Lipinski definition) is 1. The fourth-order valence-electron chi connectivity index (χ4n) is 5.88. The third-order valence-electron chi connectivity index (χ3n) is 6.70. The van der Waals surface area contributed by atoms with Crippen LogP contribution in [-0.2, 0) is 4.79 Å². The maximum atomic E-state index is 13.6. The van der Waals surface area contributed by atoms with Crippen LogP contribution in [-0.4, -0.2) is 18.0 Å². The second kappa shape index (κ2) is 6.59. The number of ether oxygens (including phenoxy) is 1. The number of nitrogens with zero attached hydrogens (tertiary/aromatic N) is 1. The Balaban J connectivity index is 1.34. The molecule has 1 aromatic heterocycles. The number of thiazole rings is 1. The van der Waals surface area contributed by atoms with Crippen molar-refractivity contribution in [3.63, 3.8) is 0 Å². The van der Waals surface area contributed by atoms with E-state index < -0.39 is 0 Å². The number of methoxy groups -OCH3 is 1. The molecule has 4 aliphatic rings. The van der Waals surface area contributed by atoms with Gasteiger partial charge in [0.2, 0.25) is 5.91 Å². The second-order valence-corrected chi connectivity index (χ2v) is 9.19. The van der Waals surface area contributed by atoms with Gasteiger partial charge in [-0.1, -0.05) is 0 Å². The van der Waals surface area contributed by atoms with Crippen LogP contribution >= 0.6 is 11.3 Å². The Morgan fingerprint density at radius 2 is 1.89 bits per heavy atom. The van der Waals surface area contributed by atoms with E-state index in [4.69, 9.17) is 4.74 Å². The summed E-state index contributed by atoms with van der Waals surface area (Å²) in [7, 11) is 1.55. The largest absolute Gasteiger partial charge is 0.496 e. The van der Waals surface area contributed by atoms with Crippen LogP contribution in [0, 0.1) is 35.4 Å². The minimum atomic E-state index is -0.335. The highest BCUT2D eigenvalue weighted by Crippen LogP contribution is 2.56. The number of aromatic nitrogens is 1. The Bertz CT molecular complexity index is 853. The number of amides is 1. The molecule has 0 unspecified atom stereocenters. The van der Waals surface area contributed by atoms with Crippen molar-refractivity contribution in [1.82, 2.24) is 4.98 Å². The lowest BCUT2D eigenvalue weighted by atomic mass is 9.51. The van der Waals surface area contributed by atoms with Gasteiger partial charge in [-0.25, -0.2) is 9.37 Å². The average molecular weight is 386 g/mol. The van der Waals surface area contributed by atoms with Crippen LogP contribution in [0.5, 0.6) is 5.75 Å². The zero-order valence-corrected chi connectivity index (χ0v) is 16.1. The highest BCUT2D eigenvalue weighted by Gasteiger charge is 2.50. The molecule has 1 N–H and O–H groups in total. The fraction of sp³-hybridized carbons (Fsp3) is 0.524. The third kappa shape index (κ3) is 3.04. The maximum absolute atomic E-state index is 13.6. The molecule has 0 spiro atoms. The zero-order chi connectivity index (χ0) is 18.5. The summed E-state index contributed by atoms with van der Waals surface area (Å²) in [6.07, 6.45) is 6.25. The molecule has 4 fully saturated rings. The first kappa shape index (κ1) is 17.2. The van der Waals surface area contributed by atoms with Crippen LogP contribution in [0.3, 0.4) is 0 Å². The molecular weight excluding hydrogens is 363 g/mol. The third-order valence-corrected chi connectivity index (χ3v) is 7.46. The first-order valence-corrected chi connectivity index (χ1v) is 10.6. The summed E-state index contributed by atoms with van der Waals surface area (Å²) in [4.78, 5) is 17.5. The molecule has 27 heavy (non-hydrogen) atoms. The molecule has 4 aliphatic carbocycles. The second-order valence-electron chi connectivity index (χ2n) is 8.33. The molecule has 4 bridgehead atoms. The maximum Gasteiger partial charge on any atom is 0.229 e. The normalized spacial score (nSPS) is 31.1. The first-order valence-electron chi connectivity index (χ1n) is 9.71. The van der Waals surface area contributed by atoms with Crippen molar-refractivity contribution in [2.24, 2.45) is 29.6 Å². The summed E-state index contributed by atoms with van der Waals surface area (Å²) in [5.74, 6) is 3.28. The first-order chi connectivity index (χ1) is 13.1. The molecule has 1 amide bonds. The molecule has 0 radical (unpaired) electrons. The van der Waals surface area contributed by atoms with Gasteiger partial charge in [-0.15, -0.1) is 11.3 Å².